The molecule has 0 unspecified atom stereocenters. The van der Waals surface area contributed by atoms with E-state index in [1.807, 2.05) is 29.2 Å². The van der Waals surface area contributed by atoms with Gasteiger partial charge in [0.1, 0.15) is 5.75 Å². The molecule has 2 fully saturated rings. The van der Waals surface area contributed by atoms with Crippen LogP contribution in [0.1, 0.15) is 19.8 Å². The van der Waals surface area contributed by atoms with E-state index < -0.39 is 0 Å². The van der Waals surface area contributed by atoms with Crippen molar-refractivity contribution in [3.8, 4) is 17.1 Å². The molecule has 2 aromatic rings. The third-order valence-corrected chi connectivity index (χ3v) is 5.87. The van der Waals surface area contributed by atoms with Crippen LogP contribution in [-0.2, 0) is 11.3 Å². The fourth-order valence-corrected chi connectivity index (χ4v) is 4.21. The van der Waals surface area contributed by atoms with Crippen LogP contribution in [0.4, 0.5) is 5.95 Å². The van der Waals surface area contributed by atoms with Crippen LogP contribution in [0.25, 0.3) is 11.4 Å². The van der Waals surface area contributed by atoms with E-state index in [1.165, 1.54) is 0 Å². The van der Waals surface area contributed by atoms with Gasteiger partial charge in [-0.25, -0.2) is 0 Å². The van der Waals surface area contributed by atoms with Crippen LogP contribution in [0, 0.1) is 0 Å². The first-order valence-electron chi connectivity index (χ1n) is 10.5. The molecule has 8 heteroatoms. The lowest BCUT2D eigenvalue weighted by atomic mass is 10.2. The zero-order valence-corrected chi connectivity index (χ0v) is 17.4. The molecule has 2 aliphatic heterocycles. The Kier molecular flexibility index (Phi) is 5.99. The zero-order valence-electron chi connectivity index (χ0n) is 17.4. The number of carbonyl (C=O) groups is 1. The van der Waals surface area contributed by atoms with Crippen LogP contribution < -0.4 is 9.64 Å². The summed E-state index contributed by atoms with van der Waals surface area (Å²) in [6, 6.07) is 7.90. The van der Waals surface area contributed by atoms with Crippen LogP contribution in [0.2, 0.25) is 0 Å². The molecule has 8 nitrogen and oxygen atoms in total. The van der Waals surface area contributed by atoms with Crippen molar-refractivity contribution in [2.24, 2.45) is 0 Å². The number of amides is 1. The van der Waals surface area contributed by atoms with Crippen LogP contribution in [0.15, 0.2) is 24.3 Å². The lowest BCUT2D eigenvalue weighted by Gasteiger charge is -2.35. The summed E-state index contributed by atoms with van der Waals surface area (Å²) in [7, 11) is 1.68. The van der Waals surface area contributed by atoms with E-state index in [4.69, 9.17) is 4.74 Å². The summed E-state index contributed by atoms with van der Waals surface area (Å²) in [5.74, 6) is 2.78. The number of nitrogens with zero attached hydrogens (tertiary/aromatic N) is 6. The molecule has 0 saturated carbocycles. The highest BCUT2D eigenvalue weighted by atomic mass is 16.5. The van der Waals surface area contributed by atoms with Crippen molar-refractivity contribution in [3.05, 3.63) is 24.3 Å². The van der Waals surface area contributed by atoms with Crippen molar-refractivity contribution >= 4 is 11.9 Å². The summed E-state index contributed by atoms with van der Waals surface area (Å²) in [5, 5.41) is 8.98. The Balaban J connectivity index is 1.43. The first-order chi connectivity index (χ1) is 14.2. The number of piperazine rings is 1. The third-order valence-electron chi connectivity index (χ3n) is 5.87. The van der Waals surface area contributed by atoms with Crippen molar-refractivity contribution < 1.29 is 9.53 Å². The second kappa shape index (κ2) is 8.82. The van der Waals surface area contributed by atoms with Crippen LogP contribution in [0.3, 0.4) is 0 Å². The number of anilines is 1. The smallest absolute Gasteiger partial charge is 0.236 e. The Morgan fingerprint density at radius 3 is 2.45 bits per heavy atom. The van der Waals surface area contributed by atoms with Crippen molar-refractivity contribution in [3.63, 3.8) is 0 Å². The van der Waals surface area contributed by atoms with Crippen molar-refractivity contribution in [1.29, 1.82) is 0 Å². The lowest BCUT2D eigenvalue weighted by Crippen LogP contribution is -2.50. The standard InChI is InChI=1S/C21H30N6O2/c1-3-27-20(17-8-4-5-9-18(17)29-2)22-23-21(27)26-14-12-24(13-15-26)16-19(28)25-10-6-7-11-25/h4-5,8-9H,3,6-7,10-16H2,1-2H3. The number of hydrogen-bond acceptors (Lipinski definition) is 6. The topological polar surface area (TPSA) is 66.7 Å². The molecule has 156 valence electrons. The number of likely N-dealkylation sites (tertiary alicyclic amines) is 1. The van der Waals surface area contributed by atoms with Gasteiger partial charge in [-0.05, 0) is 31.9 Å². The molecular weight excluding hydrogens is 368 g/mol. The van der Waals surface area contributed by atoms with Gasteiger partial charge < -0.3 is 14.5 Å². The predicted octanol–water partition coefficient (Wildman–Crippen LogP) is 1.72. The van der Waals surface area contributed by atoms with Gasteiger partial charge in [0.25, 0.3) is 0 Å². The second-order valence-corrected chi connectivity index (χ2v) is 7.62. The molecule has 1 amide bonds. The Morgan fingerprint density at radius 2 is 1.76 bits per heavy atom. The Hall–Kier alpha value is -2.61. The highest BCUT2D eigenvalue weighted by molar-refractivity contribution is 5.78. The largest absolute Gasteiger partial charge is 0.496 e. The maximum absolute atomic E-state index is 12.4. The summed E-state index contributed by atoms with van der Waals surface area (Å²) in [5.41, 5.74) is 0.949. The molecule has 4 rings (SSSR count). The van der Waals surface area contributed by atoms with Gasteiger partial charge in [-0.1, -0.05) is 12.1 Å². The number of aromatic nitrogens is 3. The van der Waals surface area contributed by atoms with Gasteiger partial charge in [0.15, 0.2) is 5.82 Å². The third kappa shape index (κ3) is 4.07. The molecule has 2 saturated heterocycles. The molecule has 0 radical (unpaired) electrons. The highest BCUT2D eigenvalue weighted by Crippen LogP contribution is 2.30. The first kappa shape index (κ1) is 19.7. The highest BCUT2D eigenvalue weighted by Gasteiger charge is 2.26. The molecule has 0 atom stereocenters. The first-order valence-corrected chi connectivity index (χ1v) is 10.5. The Labute approximate surface area is 172 Å². The molecule has 2 aliphatic rings. The van der Waals surface area contributed by atoms with E-state index in [1.54, 1.807) is 7.11 Å². The number of benzene rings is 1. The average molecular weight is 399 g/mol. The fourth-order valence-electron chi connectivity index (χ4n) is 4.21. The van der Waals surface area contributed by atoms with Crippen molar-refractivity contribution in [2.45, 2.75) is 26.3 Å². The second-order valence-electron chi connectivity index (χ2n) is 7.62. The quantitative estimate of drug-likeness (QED) is 0.738. The number of ether oxygens (including phenoxy) is 1. The summed E-state index contributed by atoms with van der Waals surface area (Å²) >= 11 is 0. The van der Waals surface area contributed by atoms with Gasteiger partial charge in [-0.2, -0.15) is 0 Å². The fraction of sp³-hybridized carbons (Fsp3) is 0.571. The monoisotopic (exact) mass is 398 g/mol. The number of carbonyl (C=O) groups excluding carboxylic acids is 1. The van der Waals surface area contributed by atoms with Crippen molar-refractivity contribution in [2.75, 3.05) is 57.8 Å². The summed E-state index contributed by atoms with van der Waals surface area (Å²) in [6.07, 6.45) is 2.28. The molecule has 1 aromatic heterocycles. The predicted molar refractivity (Wildman–Crippen MR) is 112 cm³/mol. The molecule has 0 aliphatic carbocycles. The SMILES string of the molecule is CCn1c(-c2ccccc2OC)nnc1N1CCN(CC(=O)N2CCCC2)CC1. The molecule has 3 heterocycles. The molecule has 29 heavy (non-hydrogen) atoms. The zero-order chi connectivity index (χ0) is 20.2. The van der Waals surface area contributed by atoms with E-state index in [0.717, 1.165) is 81.7 Å². The van der Waals surface area contributed by atoms with Gasteiger partial charge >= 0.3 is 0 Å². The van der Waals surface area contributed by atoms with Crippen molar-refractivity contribution in [1.82, 2.24) is 24.6 Å². The van der Waals surface area contributed by atoms with Gasteiger partial charge in [-0.3, -0.25) is 14.3 Å². The van der Waals surface area contributed by atoms with Crippen LogP contribution in [-0.4, -0.2) is 83.4 Å². The number of hydrogen-bond donors (Lipinski definition) is 0. The maximum Gasteiger partial charge on any atom is 0.236 e. The minimum Gasteiger partial charge on any atom is -0.496 e. The average Bonchev–Trinajstić information content (AvgIpc) is 3.44. The molecule has 1 aromatic carbocycles. The minimum atomic E-state index is 0.270. The van der Waals surface area contributed by atoms with E-state index in [0.29, 0.717) is 6.54 Å². The van der Waals surface area contributed by atoms with Gasteiger partial charge in [0.05, 0.1) is 19.2 Å². The number of rotatable bonds is 6. The summed E-state index contributed by atoms with van der Waals surface area (Å²) < 4.78 is 7.65. The molecule has 0 bridgehead atoms. The van der Waals surface area contributed by atoms with Gasteiger partial charge in [0, 0.05) is 45.8 Å². The number of methoxy groups -OCH3 is 1. The van der Waals surface area contributed by atoms with E-state index in [9.17, 15) is 4.79 Å². The maximum atomic E-state index is 12.4. The van der Waals surface area contributed by atoms with Gasteiger partial charge in [-0.15, -0.1) is 10.2 Å². The summed E-state index contributed by atoms with van der Waals surface area (Å²) in [4.78, 5) is 18.9. The normalized spacial score (nSPS) is 17.7. The lowest BCUT2D eigenvalue weighted by molar-refractivity contribution is -0.131. The summed E-state index contributed by atoms with van der Waals surface area (Å²) in [6.45, 7) is 8.67. The van der Waals surface area contributed by atoms with Crippen LogP contribution >= 0.6 is 0 Å². The van der Waals surface area contributed by atoms with E-state index in [-0.39, 0.29) is 5.91 Å². The van der Waals surface area contributed by atoms with E-state index in [2.05, 4.69) is 31.5 Å². The Bertz CT molecular complexity index is 837. The van der Waals surface area contributed by atoms with Crippen LogP contribution in [0.5, 0.6) is 5.75 Å². The van der Waals surface area contributed by atoms with E-state index >= 15 is 0 Å². The molecule has 0 N–H and O–H groups in total. The molecule has 0 spiro atoms. The van der Waals surface area contributed by atoms with Gasteiger partial charge in [0.2, 0.25) is 11.9 Å². The molecular formula is C21H30N6O2. The number of para-hydroxylation sites is 1. The Morgan fingerprint density at radius 1 is 1.03 bits per heavy atom. The minimum absolute atomic E-state index is 0.270.